The van der Waals surface area contributed by atoms with Crippen LogP contribution in [0.25, 0.3) is 22.4 Å². The molecule has 3 heterocycles. The van der Waals surface area contributed by atoms with Crippen LogP contribution in [0.2, 0.25) is 0 Å². The van der Waals surface area contributed by atoms with E-state index in [0.717, 1.165) is 17.0 Å². The van der Waals surface area contributed by atoms with Gasteiger partial charge >= 0.3 is 0 Å². The van der Waals surface area contributed by atoms with E-state index >= 15 is 0 Å². The van der Waals surface area contributed by atoms with Crippen molar-refractivity contribution in [1.82, 2.24) is 20.2 Å². The first-order valence-corrected chi connectivity index (χ1v) is 7.64. The molecule has 1 fully saturated rings. The highest BCUT2D eigenvalue weighted by molar-refractivity contribution is 5.87. The van der Waals surface area contributed by atoms with Crippen molar-refractivity contribution in [3.63, 3.8) is 0 Å². The average molecular weight is 281 g/mol. The van der Waals surface area contributed by atoms with E-state index in [4.69, 9.17) is 0 Å². The largest absolute Gasteiger partial charge is 0.371 e. The Morgan fingerprint density at radius 3 is 2.62 bits per heavy atom. The number of aromatic nitrogens is 4. The van der Waals surface area contributed by atoms with Crippen molar-refractivity contribution in [1.29, 1.82) is 0 Å². The quantitative estimate of drug-likeness (QED) is 0.757. The van der Waals surface area contributed by atoms with E-state index in [1.807, 2.05) is 0 Å². The molecule has 1 aliphatic heterocycles. The van der Waals surface area contributed by atoms with Gasteiger partial charge in [0.1, 0.15) is 6.33 Å². The molecule has 4 rings (SSSR count). The molecule has 1 saturated heterocycles. The van der Waals surface area contributed by atoms with Crippen molar-refractivity contribution in [2.75, 3.05) is 18.0 Å². The highest BCUT2D eigenvalue weighted by Crippen LogP contribution is 2.27. The standard InChI is InChI=1S/C16H19N5/c1-2-4-8-21(7-3-1)13-6-5-12-9-15(19-14(12)10-13)16-17-11-18-20-16/h5-6,9-11,19H,1-4,7-8H2,(H,17,18,20). The molecule has 21 heavy (non-hydrogen) atoms. The molecule has 0 radical (unpaired) electrons. The summed E-state index contributed by atoms with van der Waals surface area (Å²) in [5.74, 6) is 0.780. The van der Waals surface area contributed by atoms with E-state index in [2.05, 4.69) is 49.3 Å². The van der Waals surface area contributed by atoms with Crippen molar-refractivity contribution >= 4 is 16.6 Å². The lowest BCUT2D eigenvalue weighted by Gasteiger charge is -2.22. The number of aromatic amines is 2. The van der Waals surface area contributed by atoms with Crippen LogP contribution in [0.3, 0.4) is 0 Å². The predicted octanol–water partition coefficient (Wildman–Crippen LogP) is 3.33. The second-order valence-electron chi connectivity index (χ2n) is 5.69. The first kappa shape index (κ1) is 12.4. The second-order valence-corrected chi connectivity index (χ2v) is 5.69. The molecule has 2 N–H and O–H groups in total. The minimum absolute atomic E-state index is 0.780. The molecule has 2 aromatic heterocycles. The number of benzene rings is 1. The van der Waals surface area contributed by atoms with Crippen LogP contribution < -0.4 is 4.90 Å². The van der Waals surface area contributed by atoms with E-state index in [-0.39, 0.29) is 0 Å². The number of rotatable bonds is 2. The van der Waals surface area contributed by atoms with Crippen LogP contribution in [0.4, 0.5) is 5.69 Å². The van der Waals surface area contributed by atoms with E-state index in [1.54, 1.807) is 0 Å². The van der Waals surface area contributed by atoms with Gasteiger partial charge in [-0.1, -0.05) is 18.9 Å². The molecule has 0 bridgehead atoms. The van der Waals surface area contributed by atoms with E-state index in [9.17, 15) is 0 Å². The van der Waals surface area contributed by atoms with Gasteiger partial charge in [0.2, 0.25) is 0 Å². The zero-order valence-electron chi connectivity index (χ0n) is 12.0. The normalized spacial score (nSPS) is 16.3. The topological polar surface area (TPSA) is 60.6 Å². The smallest absolute Gasteiger partial charge is 0.171 e. The third-order valence-electron chi connectivity index (χ3n) is 4.25. The zero-order chi connectivity index (χ0) is 14.1. The molecule has 3 aromatic rings. The minimum Gasteiger partial charge on any atom is -0.371 e. The lowest BCUT2D eigenvalue weighted by molar-refractivity contribution is 0.726. The Kier molecular flexibility index (Phi) is 3.10. The van der Waals surface area contributed by atoms with Crippen LogP contribution in [0, 0.1) is 0 Å². The van der Waals surface area contributed by atoms with Gasteiger partial charge in [-0.2, -0.15) is 5.10 Å². The summed E-state index contributed by atoms with van der Waals surface area (Å²) >= 11 is 0. The molecule has 0 aliphatic carbocycles. The van der Waals surface area contributed by atoms with Gasteiger partial charge < -0.3 is 9.88 Å². The number of nitrogens with zero attached hydrogens (tertiary/aromatic N) is 3. The Morgan fingerprint density at radius 1 is 1.00 bits per heavy atom. The van der Waals surface area contributed by atoms with Gasteiger partial charge in [-0.25, -0.2) is 4.98 Å². The first-order chi connectivity index (χ1) is 10.4. The number of fused-ring (bicyclic) bond motifs is 1. The molecule has 0 amide bonds. The maximum atomic E-state index is 4.20. The predicted molar refractivity (Wildman–Crippen MR) is 84.4 cm³/mol. The van der Waals surface area contributed by atoms with Crippen LogP contribution in [0.15, 0.2) is 30.6 Å². The van der Waals surface area contributed by atoms with Crippen molar-refractivity contribution in [2.45, 2.75) is 25.7 Å². The van der Waals surface area contributed by atoms with Gasteiger partial charge in [0.15, 0.2) is 5.82 Å². The number of hydrogen-bond donors (Lipinski definition) is 2. The van der Waals surface area contributed by atoms with Crippen molar-refractivity contribution in [3.05, 3.63) is 30.6 Å². The highest BCUT2D eigenvalue weighted by Gasteiger charge is 2.12. The second kappa shape index (κ2) is 5.24. The van der Waals surface area contributed by atoms with Gasteiger partial charge in [0, 0.05) is 29.7 Å². The zero-order valence-corrected chi connectivity index (χ0v) is 12.0. The summed E-state index contributed by atoms with van der Waals surface area (Å²) in [6.07, 6.45) is 6.84. The Labute approximate surface area is 123 Å². The van der Waals surface area contributed by atoms with Crippen LogP contribution in [0.5, 0.6) is 0 Å². The lowest BCUT2D eigenvalue weighted by Crippen LogP contribution is -2.23. The summed E-state index contributed by atoms with van der Waals surface area (Å²) in [7, 11) is 0. The summed E-state index contributed by atoms with van der Waals surface area (Å²) < 4.78 is 0. The molecular formula is C16H19N5. The number of H-pyrrole nitrogens is 2. The molecule has 108 valence electrons. The van der Waals surface area contributed by atoms with Gasteiger partial charge in [-0.05, 0) is 31.0 Å². The Bertz CT molecular complexity index is 720. The van der Waals surface area contributed by atoms with Gasteiger partial charge in [-0.3, -0.25) is 5.10 Å². The summed E-state index contributed by atoms with van der Waals surface area (Å²) in [4.78, 5) is 10.1. The highest BCUT2D eigenvalue weighted by atomic mass is 15.2. The van der Waals surface area contributed by atoms with Crippen LogP contribution in [-0.4, -0.2) is 33.3 Å². The van der Waals surface area contributed by atoms with Crippen LogP contribution in [-0.2, 0) is 0 Å². The molecule has 1 aliphatic rings. The SMILES string of the molecule is c1n[nH]c(-c2cc3ccc(N4CCCCCC4)cc3[nH]2)n1. The summed E-state index contributed by atoms with van der Waals surface area (Å²) in [5, 5.41) is 8.01. The molecule has 1 aromatic carbocycles. The Hall–Kier alpha value is -2.30. The number of nitrogens with one attached hydrogen (secondary N) is 2. The fourth-order valence-corrected chi connectivity index (χ4v) is 3.10. The van der Waals surface area contributed by atoms with E-state index in [1.165, 1.54) is 56.2 Å². The Balaban J connectivity index is 1.69. The third-order valence-corrected chi connectivity index (χ3v) is 4.25. The first-order valence-electron chi connectivity index (χ1n) is 7.64. The van der Waals surface area contributed by atoms with Crippen molar-refractivity contribution < 1.29 is 0 Å². The molecule has 0 saturated carbocycles. The maximum absolute atomic E-state index is 4.20. The van der Waals surface area contributed by atoms with Gasteiger partial charge in [0.05, 0.1) is 5.69 Å². The average Bonchev–Trinajstić information content (AvgIpc) is 3.09. The molecule has 5 heteroatoms. The van der Waals surface area contributed by atoms with E-state index in [0.29, 0.717) is 0 Å². The minimum atomic E-state index is 0.780. The van der Waals surface area contributed by atoms with Gasteiger partial charge in [0.25, 0.3) is 0 Å². The van der Waals surface area contributed by atoms with Crippen LogP contribution >= 0.6 is 0 Å². The summed E-state index contributed by atoms with van der Waals surface area (Å²) in [6, 6.07) is 8.78. The molecular weight excluding hydrogens is 262 g/mol. The third kappa shape index (κ3) is 2.39. The number of hydrogen-bond acceptors (Lipinski definition) is 3. The molecule has 0 unspecified atom stereocenters. The molecule has 0 spiro atoms. The van der Waals surface area contributed by atoms with Gasteiger partial charge in [-0.15, -0.1) is 0 Å². The molecule has 0 atom stereocenters. The van der Waals surface area contributed by atoms with Crippen molar-refractivity contribution in [2.24, 2.45) is 0 Å². The van der Waals surface area contributed by atoms with E-state index < -0.39 is 0 Å². The fourth-order valence-electron chi connectivity index (χ4n) is 3.10. The fraction of sp³-hybridized carbons (Fsp3) is 0.375. The lowest BCUT2D eigenvalue weighted by atomic mass is 10.2. The maximum Gasteiger partial charge on any atom is 0.171 e. The Morgan fingerprint density at radius 2 is 1.86 bits per heavy atom. The summed E-state index contributed by atoms with van der Waals surface area (Å²) in [6.45, 7) is 2.34. The number of anilines is 1. The summed E-state index contributed by atoms with van der Waals surface area (Å²) in [5.41, 5.74) is 3.45. The van der Waals surface area contributed by atoms with Crippen LogP contribution in [0.1, 0.15) is 25.7 Å². The molecule has 5 nitrogen and oxygen atoms in total. The monoisotopic (exact) mass is 281 g/mol. The van der Waals surface area contributed by atoms with Crippen molar-refractivity contribution in [3.8, 4) is 11.5 Å².